The molecule has 0 aliphatic carbocycles. The molecule has 0 aromatic carbocycles. The molecule has 0 aromatic rings. The Labute approximate surface area is 132 Å². The first kappa shape index (κ1) is 20.5. The monoisotopic (exact) mass is 325 g/mol. The lowest BCUT2D eigenvalue weighted by molar-refractivity contribution is -0.0351. The van der Waals surface area contributed by atoms with Crippen molar-refractivity contribution in [1.82, 2.24) is 5.48 Å². The van der Waals surface area contributed by atoms with Gasteiger partial charge in [0, 0.05) is 5.75 Å². The fourth-order valence-corrected chi connectivity index (χ4v) is 1.25. The molecule has 1 N–H and O–H groups in total. The third kappa shape index (κ3) is 17.4. The number of thiol groups is 1. The van der Waals surface area contributed by atoms with Gasteiger partial charge in [0.25, 0.3) is 0 Å². The van der Waals surface area contributed by atoms with Gasteiger partial charge in [-0.25, -0.2) is 4.79 Å². The van der Waals surface area contributed by atoms with Gasteiger partial charge < -0.3 is 18.9 Å². The van der Waals surface area contributed by atoms with Crippen LogP contribution in [-0.2, 0) is 23.8 Å². The van der Waals surface area contributed by atoms with Crippen LogP contribution in [0.25, 0.3) is 0 Å². The number of carbonyl (C=O) groups excluding carboxylic acids is 1. The van der Waals surface area contributed by atoms with Crippen LogP contribution in [0, 0.1) is 0 Å². The third-order valence-corrected chi connectivity index (χ3v) is 2.05. The van der Waals surface area contributed by atoms with Gasteiger partial charge in [-0.05, 0) is 20.8 Å². The van der Waals surface area contributed by atoms with E-state index in [-0.39, 0.29) is 6.61 Å². The van der Waals surface area contributed by atoms with Crippen LogP contribution in [0.2, 0.25) is 0 Å². The van der Waals surface area contributed by atoms with E-state index in [0.717, 1.165) is 0 Å². The Kier molecular flexibility index (Phi) is 12.8. The summed E-state index contributed by atoms with van der Waals surface area (Å²) < 4.78 is 20.7. The van der Waals surface area contributed by atoms with Crippen molar-refractivity contribution in [3.05, 3.63) is 0 Å². The van der Waals surface area contributed by atoms with Crippen LogP contribution in [0.3, 0.4) is 0 Å². The molecular formula is C13H27NO6S. The maximum absolute atomic E-state index is 11.2. The van der Waals surface area contributed by atoms with Gasteiger partial charge in [-0.15, -0.1) is 0 Å². The molecule has 0 spiro atoms. The predicted octanol–water partition coefficient (Wildman–Crippen LogP) is 1.42. The Morgan fingerprint density at radius 2 is 1.38 bits per heavy atom. The van der Waals surface area contributed by atoms with Gasteiger partial charge in [0.1, 0.15) is 5.60 Å². The molecule has 0 unspecified atom stereocenters. The summed E-state index contributed by atoms with van der Waals surface area (Å²) in [6.07, 6.45) is -0.618. The molecule has 0 heterocycles. The van der Waals surface area contributed by atoms with Gasteiger partial charge >= 0.3 is 6.09 Å². The average molecular weight is 325 g/mol. The second-order valence-corrected chi connectivity index (χ2v) is 5.46. The zero-order valence-electron chi connectivity index (χ0n) is 13.1. The van der Waals surface area contributed by atoms with Gasteiger partial charge in [0.15, 0.2) is 0 Å². The second kappa shape index (κ2) is 13.1. The molecule has 0 aromatic heterocycles. The molecule has 0 fully saturated rings. The van der Waals surface area contributed by atoms with Crippen molar-refractivity contribution in [2.75, 3.05) is 52.0 Å². The van der Waals surface area contributed by atoms with Gasteiger partial charge in [-0.3, -0.25) is 4.84 Å². The van der Waals surface area contributed by atoms with E-state index < -0.39 is 11.7 Å². The molecule has 0 aliphatic heterocycles. The highest BCUT2D eigenvalue weighted by molar-refractivity contribution is 7.80. The number of hydroxylamine groups is 1. The number of rotatable bonds is 12. The first-order chi connectivity index (χ1) is 9.95. The van der Waals surface area contributed by atoms with E-state index in [9.17, 15) is 4.79 Å². The highest BCUT2D eigenvalue weighted by Crippen LogP contribution is 2.06. The van der Waals surface area contributed by atoms with Crippen LogP contribution in [0.4, 0.5) is 4.79 Å². The number of ether oxygens (including phenoxy) is 4. The average Bonchev–Trinajstić information content (AvgIpc) is 2.38. The fourth-order valence-electron chi connectivity index (χ4n) is 1.12. The van der Waals surface area contributed by atoms with E-state index in [1.54, 1.807) is 20.8 Å². The van der Waals surface area contributed by atoms with Crippen molar-refractivity contribution in [3.63, 3.8) is 0 Å². The Bertz CT molecular complexity index is 260. The lowest BCUT2D eigenvalue weighted by Gasteiger charge is -2.19. The summed E-state index contributed by atoms with van der Waals surface area (Å²) in [7, 11) is 0. The Morgan fingerprint density at radius 3 is 1.86 bits per heavy atom. The smallest absolute Gasteiger partial charge is 0.431 e. The summed E-state index contributed by atoms with van der Waals surface area (Å²) in [5.74, 6) is 0.709. The molecular weight excluding hydrogens is 298 g/mol. The largest absolute Gasteiger partial charge is 0.442 e. The van der Waals surface area contributed by atoms with Crippen LogP contribution in [-0.4, -0.2) is 63.7 Å². The lowest BCUT2D eigenvalue weighted by atomic mass is 10.2. The number of hydrogen-bond donors (Lipinski definition) is 2. The second-order valence-electron chi connectivity index (χ2n) is 5.01. The third-order valence-electron chi connectivity index (χ3n) is 1.86. The number of carbonyl (C=O) groups is 1. The summed E-state index contributed by atoms with van der Waals surface area (Å²) >= 11 is 4.02. The van der Waals surface area contributed by atoms with E-state index in [0.29, 0.717) is 45.4 Å². The summed E-state index contributed by atoms with van der Waals surface area (Å²) in [5.41, 5.74) is 1.63. The van der Waals surface area contributed by atoms with Crippen molar-refractivity contribution in [1.29, 1.82) is 0 Å². The molecule has 8 heteroatoms. The molecule has 0 rings (SSSR count). The zero-order valence-corrected chi connectivity index (χ0v) is 13.9. The Hall–Kier alpha value is -0.540. The Balaban J connectivity index is 3.17. The van der Waals surface area contributed by atoms with Gasteiger partial charge in [0.2, 0.25) is 0 Å². The van der Waals surface area contributed by atoms with Crippen LogP contribution in [0.5, 0.6) is 0 Å². The van der Waals surface area contributed by atoms with E-state index in [1.165, 1.54) is 0 Å². The molecule has 0 atom stereocenters. The molecule has 126 valence electrons. The Morgan fingerprint density at radius 1 is 0.905 bits per heavy atom. The molecule has 0 saturated carbocycles. The maximum atomic E-state index is 11.2. The highest BCUT2D eigenvalue weighted by atomic mass is 32.1. The zero-order chi connectivity index (χ0) is 16.0. The summed E-state index contributed by atoms with van der Waals surface area (Å²) in [5, 5.41) is 0. The molecule has 0 aliphatic rings. The molecule has 7 nitrogen and oxygen atoms in total. The first-order valence-electron chi connectivity index (χ1n) is 6.90. The minimum Gasteiger partial charge on any atom is -0.442 e. The van der Waals surface area contributed by atoms with Crippen LogP contribution < -0.4 is 5.48 Å². The van der Waals surface area contributed by atoms with Crippen molar-refractivity contribution in [2.24, 2.45) is 0 Å². The molecule has 21 heavy (non-hydrogen) atoms. The fraction of sp³-hybridized carbons (Fsp3) is 0.923. The van der Waals surface area contributed by atoms with Crippen LogP contribution in [0.1, 0.15) is 20.8 Å². The van der Waals surface area contributed by atoms with Gasteiger partial charge in [-0.2, -0.15) is 18.1 Å². The highest BCUT2D eigenvalue weighted by Gasteiger charge is 2.15. The van der Waals surface area contributed by atoms with Crippen molar-refractivity contribution in [2.45, 2.75) is 26.4 Å². The SMILES string of the molecule is CC(C)(C)OC(=O)NOCCOCCOCCOCCS. The van der Waals surface area contributed by atoms with Gasteiger partial charge in [0.05, 0.1) is 46.2 Å². The van der Waals surface area contributed by atoms with E-state index in [2.05, 4.69) is 18.1 Å². The predicted molar refractivity (Wildman–Crippen MR) is 81.6 cm³/mol. The van der Waals surface area contributed by atoms with Crippen molar-refractivity contribution < 1.29 is 28.6 Å². The van der Waals surface area contributed by atoms with E-state index in [1.807, 2.05) is 0 Å². The molecule has 0 bridgehead atoms. The number of nitrogens with one attached hydrogen (secondary N) is 1. The van der Waals surface area contributed by atoms with E-state index >= 15 is 0 Å². The van der Waals surface area contributed by atoms with Crippen molar-refractivity contribution in [3.8, 4) is 0 Å². The van der Waals surface area contributed by atoms with E-state index in [4.69, 9.17) is 23.8 Å². The normalized spacial score (nSPS) is 11.4. The summed E-state index contributed by atoms with van der Waals surface area (Å²) in [6, 6.07) is 0. The molecule has 0 radical (unpaired) electrons. The standard InChI is InChI=1S/C13H27NO6S/c1-13(2,3)20-12(15)14-19-9-8-17-5-4-16-6-7-18-10-11-21/h21H,4-11H2,1-3H3,(H,14,15). The number of hydrogen-bond acceptors (Lipinski definition) is 7. The summed E-state index contributed by atoms with van der Waals surface area (Å²) in [4.78, 5) is 16.1. The topological polar surface area (TPSA) is 75.3 Å². The molecule has 1 amide bonds. The van der Waals surface area contributed by atoms with Gasteiger partial charge in [-0.1, -0.05) is 0 Å². The number of amides is 1. The minimum absolute atomic E-state index is 0.240. The maximum Gasteiger partial charge on any atom is 0.431 e. The quantitative estimate of drug-likeness (QED) is 0.321. The van der Waals surface area contributed by atoms with Crippen molar-refractivity contribution >= 4 is 18.7 Å². The summed E-state index contributed by atoms with van der Waals surface area (Å²) in [6.45, 7) is 8.60. The van der Waals surface area contributed by atoms with Crippen LogP contribution >= 0.6 is 12.6 Å². The first-order valence-corrected chi connectivity index (χ1v) is 7.54. The lowest BCUT2D eigenvalue weighted by Crippen LogP contribution is -2.33. The minimum atomic E-state index is -0.618. The van der Waals surface area contributed by atoms with Crippen LogP contribution in [0.15, 0.2) is 0 Å². The molecule has 0 saturated heterocycles.